The van der Waals surface area contributed by atoms with Crippen LogP contribution in [0.4, 0.5) is 10.5 Å². The summed E-state index contributed by atoms with van der Waals surface area (Å²) in [7, 11) is 1.47. The fourth-order valence-electron chi connectivity index (χ4n) is 1.20. The van der Waals surface area contributed by atoms with Crippen LogP contribution in [-0.2, 0) is 4.79 Å². The topological polar surface area (TPSA) is 108 Å². The van der Waals surface area contributed by atoms with Crippen molar-refractivity contribution in [3.63, 3.8) is 0 Å². The quantitative estimate of drug-likeness (QED) is 0.644. The third-order valence-electron chi connectivity index (χ3n) is 2.15. The molecule has 0 aromatic heterocycles. The minimum Gasteiger partial charge on any atom is -0.495 e. The summed E-state index contributed by atoms with van der Waals surface area (Å²) in [5.74, 6) is -0.943. The van der Waals surface area contributed by atoms with Crippen molar-refractivity contribution >= 4 is 29.3 Å². The Labute approximate surface area is 114 Å². The summed E-state index contributed by atoms with van der Waals surface area (Å²) in [6.07, 6.45) is -1.65. The molecule has 8 heteroatoms. The van der Waals surface area contributed by atoms with Crippen LogP contribution in [0, 0.1) is 0 Å². The molecule has 1 rings (SSSR count). The predicted molar refractivity (Wildman–Crippen MR) is 68.7 cm³/mol. The second-order valence-electron chi connectivity index (χ2n) is 3.54. The molecule has 0 bridgehead atoms. The first-order valence-corrected chi connectivity index (χ1v) is 5.61. The van der Waals surface area contributed by atoms with Crippen molar-refractivity contribution in [2.24, 2.45) is 0 Å². The Morgan fingerprint density at radius 1 is 1.47 bits per heavy atom. The number of carbonyl (C=O) groups is 2. The van der Waals surface area contributed by atoms with Gasteiger partial charge in [-0.15, -0.1) is 0 Å². The van der Waals surface area contributed by atoms with E-state index in [2.05, 4.69) is 10.6 Å². The SMILES string of the molecule is COc1ccc(NC(=O)NCC(O)C(=O)O)cc1Cl. The maximum atomic E-state index is 11.4. The second kappa shape index (κ2) is 6.81. The monoisotopic (exact) mass is 288 g/mol. The molecule has 0 heterocycles. The van der Waals surface area contributed by atoms with Gasteiger partial charge in [-0.05, 0) is 18.2 Å². The number of carboxylic acids is 1. The van der Waals surface area contributed by atoms with Crippen LogP contribution in [0.25, 0.3) is 0 Å². The van der Waals surface area contributed by atoms with Crippen molar-refractivity contribution in [1.82, 2.24) is 5.32 Å². The van der Waals surface area contributed by atoms with Gasteiger partial charge in [0, 0.05) is 5.69 Å². The average molecular weight is 289 g/mol. The van der Waals surface area contributed by atoms with Gasteiger partial charge in [-0.25, -0.2) is 9.59 Å². The van der Waals surface area contributed by atoms with Crippen molar-refractivity contribution < 1.29 is 24.5 Å². The number of ether oxygens (including phenoxy) is 1. The highest BCUT2D eigenvalue weighted by molar-refractivity contribution is 6.32. The first kappa shape index (κ1) is 15.1. The molecule has 1 unspecified atom stereocenters. The lowest BCUT2D eigenvalue weighted by atomic mass is 10.3. The van der Waals surface area contributed by atoms with Crippen molar-refractivity contribution in [1.29, 1.82) is 0 Å². The van der Waals surface area contributed by atoms with Gasteiger partial charge in [-0.2, -0.15) is 0 Å². The number of urea groups is 1. The number of aliphatic hydroxyl groups is 1. The molecule has 4 N–H and O–H groups in total. The Balaban J connectivity index is 2.53. The molecule has 1 aromatic rings. The molecular formula is C11H13ClN2O5. The van der Waals surface area contributed by atoms with Gasteiger partial charge in [0.15, 0.2) is 6.10 Å². The number of hydrogen-bond acceptors (Lipinski definition) is 4. The predicted octanol–water partition coefficient (Wildman–Crippen LogP) is 0.916. The van der Waals surface area contributed by atoms with Crippen LogP contribution in [-0.4, -0.2) is 42.0 Å². The summed E-state index contributed by atoms with van der Waals surface area (Å²) >= 11 is 5.87. The third-order valence-corrected chi connectivity index (χ3v) is 2.45. The number of nitrogens with one attached hydrogen (secondary N) is 2. The number of hydrogen-bond donors (Lipinski definition) is 4. The zero-order valence-corrected chi connectivity index (χ0v) is 10.8. The van der Waals surface area contributed by atoms with Gasteiger partial charge in [0.2, 0.25) is 0 Å². The number of carbonyl (C=O) groups excluding carboxylic acids is 1. The van der Waals surface area contributed by atoms with Crippen LogP contribution >= 0.6 is 11.6 Å². The zero-order valence-electron chi connectivity index (χ0n) is 10.0. The van der Waals surface area contributed by atoms with E-state index < -0.39 is 24.6 Å². The number of rotatable bonds is 5. The van der Waals surface area contributed by atoms with Gasteiger partial charge in [0.25, 0.3) is 0 Å². The number of aliphatic carboxylic acids is 1. The maximum Gasteiger partial charge on any atom is 0.334 e. The number of methoxy groups -OCH3 is 1. The molecule has 0 fully saturated rings. The Bertz CT molecular complexity index is 480. The van der Waals surface area contributed by atoms with Crippen molar-refractivity contribution in [2.75, 3.05) is 19.0 Å². The van der Waals surface area contributed by atoms with E-state index in [1.807, 2.05) is 0 Å². The molecule has 1 atom stereocenters. The van der Waals surface area contributed by atoms with Crippen LogP contribution in [0.5, 0.6) is 5.75 Å². The van der Waals surface area contributed by atoms with Crippen molar-refractivity contribution in [3.8, 4) is 5.75 Å². The van der Waals surface area contributed by atoms with E-state index >= 15 is 0 Å². The molecule has 104 valence electrons. The average Bonchev–Trinajstić information content (AvgIpc) is 2.36. The number of halogens is 1. The largest absolute Gasteiger partial charge is 0.495 e. The molecule has 0 saturated heterocycles. The molecule has 2 amide bonds. The van der Waals surface area contributed by atoms with Gasteiger partial charge in [0.1, 0.15) is 5.75 Å². The summed E-state index contributed by atoms with van der Waals surface area (Å²) in [6.45, 7) is -0.398. The Morgan fingerprint density at radius 3 is 2.68 bits per heavy atom. The number of amides is 2. The lowest BCUT2D eigenvalue weighted by molar-refractivity contribution is -0.146. The molecule has 0 saturated carbocycles. The number of anilines is 1. The molecule has 0 radical (unpaired) electrons. The smallest absolute Gasteiger partial charge is 0.334 e. The van der Waals surface area contributed by atoms with Gasteiger partial charge >= 0.3 is 12.0 Å². The van der Waals surface area contributed by atoms with E-state index in [0.717, 1.165) is 0 Å². The maximum absolute atomic E-state index is 11.4. The van der Waals surface area contributed by atoms with Crippen LogP contribution in [0.1, 0.15) is 0 Å². The van der Waals surface area contributed by atoms with E-state index in [-0.39, 0.29) is 0 Å². The van der Waals surface area contributed by atoms with Crippen LogP contribution in [0.2, 0.25) is 5.02 Å². The Hall–Kier alpha value is -1.99. The lowest BCUT2D eigenvalue weighted by Gasteiger charge is -2.10. The third kappa shape index (κ3) is 4.65. The fraction of sp³-hybridized carbons (Fsp3) is 0.273. The van der Waals surface area contributed by atoms with Crippen LogP contribution in [0.3, 0.4) is 0 Å². The molecule has 1 aromatic carbocycles. The zero-order chi connectivity index (χ0) is 14.4. The van der Waals surface area contributed by atoms with E-state index in [9.17, 15) is 9.59 Å². The van der Waals surface area contributed by atoms with Crippen molar-refractivity contribution in [3.05, 3.63) is 23.2 Å². The van der Waals surface area contributed by atoms with E-state index in [1.54, 1.807) is 12.1 Å². The number of benzene rings is 1. The standard InChI is InChI=1S/C11H13ClN2O5/c1-19-9-3-2-6(4-7(9)12)14-11(18)13-5-8(15)10(16)17/h2-4,8,15H,5H2,1H3,(H,16,17)(H2,13,14,18). The fourth-order valence-corrected chi connectivity index (χ4v) is 1.45. The van der Waals surface area contributed by atoms with Crippen LogP contribution in [0.15, 0.2) is 18.2 Å². The first-order chi connectivity index (χ1) is 8.93. The molecule has 0 aliphatic heterocycles. The molecule has 0 aliphatic rings. The van der Waals surface area contributed by atoms with Gasteiger partial charge in [0.05, 0.1) is 18.7 Å². The first-order valence-electron chi connectivity index (χ1n) is 5.23. The molecule has 0 aliphatic carbocycles. The summed E-state index contributed by atoms with van der Waals surface area (Å²) in [6, 6.07) is 3.97. The van der Waals surface area contributed by atoms with Gasteiger partial charge < -0.3 is 25.6 Å². The molecule has 0 spiro atoms. The molecule has 19 heavy (non-hydrogen) atoms. The van der Waals surface area contributed by atoms with E-state index in [1.165, 1.54) is 13.2 Å². The normalized spacial score (nSPS) is 11.5. The van der Waals surface area contributed by atoms with Gasteiger partial charge in [-0.1, -0.05) is 11.6 Å². The van der Waals surface area contributed by atoms with E-state index in [0.29, 0.717) is 16.5 Å². The highest BCUT2D eigenvalue weighted by Crippen LogP contribution is 2.26. The second-order valence-corrected chi connectivity index (χ2v) is 3.95. The number of carboxylic acid groups (broad SMARTS) is 1. The Morgan fingerprint density at radius 2 is 2.16 bits per heavy atom. The number of aliphatic hydroxyl groups excluding tert-OH is 1. The summed E-state index contributed by atoms with van der Waals surface area (Å²) in [5, 5.41) is 22.4. The Kier molecular flexibility index (Phi) is 5.40. The highest BCUT2D eigenvalue weighted by Gasteiger charge is 2.14. The van der Waals surface area contributed by atoms with Gasteiger partial charge in [-0.3, -0.25) is 0 Å². The molecule has 7 nitrogen and oxygen atoms in total. The van der Waals surface area contributed by atoms with Crippen LogP contribution < -0.4 is 15.4 Å². The minimum absolute atomic E-state index is 0.325. The lowest BCUT2D eigenvalue weighted by Crippen LogP contribution is -2.38. The highest BCUT2D eigenvalue weighted by atomic mass is 35.5. The minimum atomic E-state index is -1.65. The summed E-state index contributed by atoms with van der Waals surface area (Å²) in [4.78, 5) is 21.7. The molecular weight excluding hydrogens is 276 g/mol. The summed E-state index contributed by atoms with van der Waals surface area (Å²) in [5.41, 5.74) is 0.410. The summed E-state index contributed by atoms with van der Waals surface area (Å²) < 4.78 is 4.95. The van der Waals surface area contributed by atoms with Crippen molar-refractivity contribution in [2.45, 2.75) is 6.10 Å². The van der Waals surface area contributed by atoms with E-state index in [4.69, 9.17) is 26.6 Å².